The fourth-order valence-corrected chi connectivity index (χ4v) is 1.79. The Balaban J connectivity index is 3.77. The molecule has 2 atom stereocenters. The van der Waals surface area contributed by atoms with Gasteiger partial charge in [0.05, 0.1) is 12.7 Å². The molecule has 0 aromatic rings. The third-order valence-corrected chi connectivity index (χ3v) is 2.71. The van der Waals surface area contributed by atoms with Gasteiger partial charge >= 0.3 is 0 Å². The fourth-order valence-electron chi connectivity index (χ4n) is 1.79. The van der Waals surface area contributed by atoms with Gasteiger partial charge in [-0.25, -0.2) is 0 Å². The van der Waals surface area contributed by atoms with Crippen LogP contribution in [0.3, 0.4) is 0 Å². The van der Waals surface area contributed by atoms with Crippen molar-refractivity contribution in [1.29, 1.82) is 0 Å². The van der Waals surface area contributed by atoms with Crippen LogP contribution in [0.5, 0.6) is 0 Å². The molecule has 0 bridgehead atoms. The van der Waals surface area contributed by atoms with E-state index in [-0.39, 0.29) is 17.9 Å². The van der Waals surface area contributed by atoms with E-state index in [0.29, 0.717) is 24.5 Å². The quantitative estimate of drug-likeness (QED) is 0.760. The van der Waals surface area contributed by atoms with Crippen LogP contribution in [0.1, 0.15) is 54.9 Å². The minimum atomic E-state index is 0.0536. The Hall–Kier alpha value is -0.570. The van der Waals surface area contributed by atoms with Crippen LogP contribution in [0.4, 0.5) is 0 Å². The van der Waals surface area contributed by atoms with Crippen LogP contribution in [0, 0.1) is 17.3 Å². The lowest BCUT2D eigenvalue weighted by molar-refractivity contribution is -0.124. The van der Waals surface area contributed by atoms with Gasteiger partial charge in [0.2, 0.25) is 5.91 Å². The molecule has 0 aliphatic heterocycles. The number of nitrogens with one attached hydrogen (secondary N) is 1. The molecule has 0 spiro atoms. The SMILES string of the molecule is CC(CNC(=O)C(C)C)COC(C)CC(C)(C)C. The maximum absolute atomic E-state index is 11.4. The van der Waals surface area contributed by atoms with Crippen LogP contribution in [-0.4, -0.2) is 25.2 Å². The smallest absolute Gasteiger partial charge is 0.222 e. The molecule has 108 valence electrons. The number of hydrogen-bond donors (Lipinski definition) is 1. The van der Waals surface area contributed by atoms with Gasteiger partial charge in [0.1, 0.15) is 0 Å². The Labute approximate surface area is 113 Å². The second kappa shape index (κ2) is 7.78. The average molecular weight is 257 g/mol. The van der Waals surface area contributed by atoms with Gasteiger partial charge in [0.25, 0.3) is 0 Å². The standard InChI is InChI=1S/C15H31NO2/c1-11(2)14(17)16-9-12(3)10-18-13(4)8-15(5,6)7/h11-13H,8-10H2,1-7H3,(H,16,17). The van der Waals surface area contributed by atoms with E-state index in [1.165, 1.54) is 0 Å². The molecule has 0 rings (SSSR count). The molecule has 0 aromatic heterocycles. The zero-order valence-electron chi connectivity index (χ0n) is 13.2. The molecule has 0 saturated heterocycles. The first-order valence-corrected chi connectivity index (χ1v) is 7.01. The minimum absolute atomic E-state index is 0.0536. The monoisotopic (exact) mass is 257 g/mol. The predicted octanol–water partition coefficient (Wildman–Crippen LogP) is 3.24. The van der Waals surface area contributed by atoms with Crippen LogP contribution in [-0.2, 0) is 9.53 Å². The highest BCUT2D eigenvalue weighted by Gasteiger charge is 2.16. The Kier molecular flexibility index (Phi) is 7.53. The van der Waals surface area contributed by atoms with Gasteiger partial charge in [0, 0.05) is 12.5 Å². The molecule has 3 heteroatoms. The van der Waals surface area contributed by atoms with Gasteiger partial charge in [0.15, 0.2) is 0 Å². The Bertz CT molecular complexity index is 243. The lowest BCUT2D eigenvalue weighted by atomic mass is 9.90. The normalized spacial score (nSPS) is 15.6. The summed E-state index contributed by atoms with van der Waals surface area (Å²) in [6.07, 6.45) is 1.33. The van der Waals surface area contributed by atoms with Gasteiger partial charge in [-0.2, -0.15) is 0 Å². The van der Waals surface area contributed by atoms with E-state index in [9.17, 15) is 4.79 Å². The van der Waals surface area contributed by atoms with Gasteiger partial charge in [-0.05, 0) is 24.7 Å². The van der Waals surface area contributed by atoms with Crippen molar-refractivity contribution in [2.45, 2.75) is 61.0 Å². The second-order valence-electron chi connectivity index (χ2n) is 6.91. The topological polar surface area (TPSA) is 38.3 Å². The first-order chi connectivity index (χ1) is 8.11. The summed E-state index contributed by atoms with van der Waals surface area (Å²) < 4.78 is 5.82. The first-order valence-electron chi connectivity index (χ1n) is 7.01. The van der Waals surface area contributed by atoms with Gasteiger partial charge in [-0.15, -0.1) is 0 Å². The minimum Gasteiger partial charge on any atom is -0.378 e. The summed E-state index contributed by atoms with van der Waals surface area (Å²) in [5, 5.41) is 2.93. The molecule has 2 unspecified atom stereocenters. The van der Waals surface area contributed by atoms with Crippen molar-refractivity contribution in [3.05, 3.63) is 0 Å². The molecule has 0 heterocycles. The maximum Gasteiger partial charge on any atom is 0.222 e. The van der Waals surface area contributed by atoms with E-state index in [1.54, 1.807) is 0 Å². The number of carbonyl (C=O) groups is 1. The van der Waals surface area contributed by atoms with Crippen molar-refractivity contribution >= 4 is 5.91 Å². The van der Waals surface area contributed by atoms with Crippen molar-refractivity contribution in [3.8, 4) is 0 Å². The van der Waals surface area contributed by atoms with Gasteiger partial charge < -0.3 is 10.1 Å². The molecule has 1 N–H and O–H groups in total. The third kappa shape index (κ3) is 9.46. The highest BCUT2D eigenvalue weighted by molar-refractivity contribution is 5.77. The third-order valence-electron chi connectivity index (χ3n) is 2.71. The Morgan fingerprint density at radius 1 is 1.17 bits per heavy atom. The van der Waals surface area contributed by atoms with E-state index >= 15 is 0 Å². The van der Waals surface area contributed by atoms with Crippen molar-refractivity contribution in [1.82, 2.24) is 5.32 Å². The number of carbonyl (C=O) groups excluding carboxylic acids is 1. The molecular formula is C15H31NO2. The van der Waals surface area contributed by atoms with E-state index in [4.69, 9.17) is 4.74 Å². The summed E-state index contributed by atoms with van der Waals surface area (Å²) in [4.78, 5) is 11.4. The first kappa shape index (κ1) is 17.4. The lowest BCUT2D eigenvalue weighted by Crippen LogP contribution is -2.33. The van der Waals surface area contributed by atoms with Gasteiger partial charge in [-0.3, -0.25) is 4.79 Å². The second-order valence-corrected chi connectivity index (χ2v) is 6.91. The van der Waals surface area contributed by atoms with Crippen molar-refractivity contribution in [2.75, 3.05) is 13.2 Å². The summed E-state index contributed by atoms with van der Waals surface area (Å²) in [6.45, 7) is 16.1. The maximum atomic E-state index is 11.4. The number of ether oxygens (including phenoxy) is 1. The van der Waals surface area contributed by atoms with E-state index in [0.717, 1.165) is 6.42 Å². The lowest BCUT2D eigenvalue weighted by Gasteiger charge is -2.24. The molecule has 1 amide bonds. The predicted molar refractivity (Wildman–Crippen MR) is 76.5 cm³/mol. The molecule has 0 aromatic carbocycles. The summed E-state index contributed by atoms with van der Waals surface area (Å²) in [5.41, 5.74) is 0.300. The average Bonchev–Trinajstić information content (AvgIpc) is 2.20. The van der Waals surface area contributed by atoms with Crippen LogP contribution >= 0.6 is 0 Å². The molecule has 0 fully saturated rings. The molecular weight excluding hydrogens is 226 g/mol. The highest BCUT2D eigenvalue weighted by Crippen LogP contribution is 2.22. The van der Waals surface area contributed by atoms with E-state index < -0.39 is 0 Å². The van der Waals surface area contributed by atoms with E-state index in [1.807, 2.05) is 13.8 Å². The van der Waals surface area contributed by atoms with E-state index in [2.05, 4.69) is 39.9 Å². The highest BCUT2D eigenvalue weighted by atomic mass is 16.5. The summed E-state index contributed by atoms with van der Waals surface area (Å²) in [5.74, 6) is 0.526. The molecule has 3 nitrogen and oxygen atoms in total. The fraction of sp³-hybridized carbons (Fsp3) is 0.933. The molecule has 0 aliphatic carbocycles. The van der Waals surface area contributed by atoms with Crippen molar-refractivity contribution < 1.29 is 9.53 Å². The summed E-state index contributed by atoms with van der Waals surface area (Å²) >= 11 is 0. The molecule has 0 saturated carbocycles. The zero-order chi connectivity index (χ0) is 14.3. The number of amides is 1. The van der Waals surface area contributed by atoms with Crippen LogP contribution in [0.25, 0.3) is 0 Å². The number of rotatable bonds is 7. The van der Waals surface area contributed by atoms with Crippen LogP contribution in [0.15, 0.2) is 0 Å². The largest absolute Gasteiger partial charge is 0.378 e. The molecule has 18 heavy (non-hydrogen) atoms. The Morgan fingerprint density at radius 2 is 1.72 bits per heavy atom. The molecule has 0 radical (unpaired) electrons. The molecule has 0 aliphatic rings. The number of hydrogen-bond acceptors (Lipinski definition) is 2. The summed E-state index contributed by atoms with van der Waals surface area (Å²) in [7, 11) is 0. The van der Waals surface area contributed by atoms with Crippen molar-refractivity contribution in [3.63, 3.8) is 0 Å². The Morgan fingerprint density at radius 3 is 2.17 bits per heavy atom. The van der Waals surface area contributed by atoms with Crippen molar-refractivity contribution in [2.24, 2.45) is 17.3 Å². The zero-order valence-corrected chi connectivity index (χ0v) is 13.2. The summed E-state index contributed by atoms with van der Waals surface area (Å²) in [6, 6.07) is 0. The van der Waals surface area contributed by atoms with Crippen LogP contribution < -0.4 is 5.32 Å². The van der Waals surface area contributed by atoms with Crippen LogP contribution in [0.2, 0.25) is 0 Å². The van der Waals surface area contributed by atoms with Gasteiger partial charge in [-0.1, -0.05) is 41.5 Å².